The van der Waals surface area contributed by atoms with Crippen molar-refractivity contribution in [2.75, 3.05) is 11.8 Å². The monoisotopic (exact) mass is 444 g/mol. The fourth-order valence-corrected chi connectivity index (χ4v) is 9.23. The van der Waals surface area contributed by atoms with E-state index in [-0.39, 0.29) is 17.7 Å². The Bertz CT molecular complexity index is 366. The first-order valence-corrected chi connectivity index (χ1v) is 9.37. The van der Waals surface area contributed by atoms with Crippen LogP contribution in [0.3, 0.4) is 0 Å². The summed E-state index contributed by atoms with van der Waals surface area (Å²) in [6.07, 6.45) is 0. The van der Waals surface area contributed by atoms with Gasteiger partial charge in [-0.15, -0.1) is 81.2 Å². The number of fused-ring (bicyclic) bond motifs is 2. The Kier molecular flexibility index (Phi) is 5.30. The maximum Gasteiger partial charge on any atom is 0.145 e. The molecule has 0 saturated heterocycles. The zero-order valence-electron chi connectivity index (χ0n) is 9.20. The third-order valence-electron chi connectivity index (χ3n) is 4.55. The van der Waals surface area contributed by atoms with Crippen molar-refractivity contribution in [3.63, 3.8) is 0 Å². The summed E-state index contributed by atoms with van der Waals surface area (Å²) in [5.74, 6) is -0.134. The van der Waals surface area contributed by atoms with Gasteiger partial charge < -0.3 is 0 Å². The average Bonchev–Trinajstić information content (AvgIpc) is 2.63. The predicted molar refractivity (Wildman–Crippen MR) is 88.7 cm³/mol. The Labute approximate surface area is 157 Å². The van der Waals surface area contributed by atoms with Crippen molar-refractivity contribution in [2.24, 2.45) is 16.7 Å². The van der Waals surface area contributed by atoms with Crippen LogP contribution in [0, 0.1) is 16.7 Å². The summed E-state index contributed by atoms with van der Waals surface area (Å²) in [4.78, 5) is -1.00. The number of rotatable bonds is 3. The van der Waals surface area contributed by atoms with Gasteiger partial charge in [-0.1, -0.05) is 23.2 Å². The van der Waals surface area contributed by atoms with Crippen LogP contribution in [0.15, 0.2) is 0 Å². The quantitative estimate of drug-likeness (QED) is 0.473. The van der Waals surface area contributed by atoms with Crippen molar-refractivity contribution in [1.82, 2.24) is 0 Å². The Morgan fingerprint density at radius 1 is 0.895 bits per heavy atom. The van der Waals surface area contributed by atoms with Crippen LogP contribution < -0.4 is 0 Å². The molecule has 2 saturated carbocycles. The molecule has 0 unspecified atom stereocenters. The van der Waals surface area contributed by atoms with E-state index in [0.717, 1.165) is 0 Å². The molecule has 2 fully saturated rings. The zero-order chi connectivity index (χ0) is 14.8. The maximum atomic E-state index is 6.47. The van der Waals surface area contributed by atoms with Gasteiger partial charge in [0, 0.05) is 23.1 Å². The summed E-state index contributed by atoms with van der Waals surface area (Å²) in [7, 11) is 0. The van der Waals surface area contributed by atoms with Gasteiger partial charge in [0.05, 0.1) is 21.5 Å². The first-order valence-electron chi connectivity index (χ1n) is 5.37. The highest BCUT2D eigenvalue weighted by atomic mass is 35.5. The van der Waals surface area contributed by atoms with Crippen molar-refractivity contribution >= 4 is 104 Å². The van der Waals surface area contributed by atoms with E-state index in [4.69, 9.17) is 104 Å². The smallest absolute Gasteiger partial charge is 0.126 e. The second kappa shape index (κ2) is 5.60. The molecule has 0 spiro atoms. The molecule has 0 nitrogen and oxygen atoms in total. The Balaban J connectivity index is 2.76. The van der Waals surface area contributed by atoms with Crippen LogP contribution in [-0.2, 0) is 0 Å². The lowest BCUT2D eigenvalue weighted by molar-refractivity contribution is 0.148. The summed E-state index contributed by atoms with van der Waals surface area (Å²) in [6.45, 7) is 0. The minimum atomic E-state index is -1.46. The molecule has 0 aliphatic heterocycles. The molecule has 2 rings (SSSR count). The van der Waals surface area contributed by atoms with Gasteiger partial charge >= 0.3 is 0 Å². The van der Waals surface area contributed by atoms with Crippen molar-refractivity contribution in [1.29, 1.82) is 0 Å². The number of halogens is 9. The van der Waals surface area contributed by atoms with E-state index in [0.29, 0.717) is 0 Å². The van der Waals surface area contributed by atoms with Crippen molar-refractivity contribution in [3.8, 4) is 0 Å². The molecule has 2 aliphatic rings. The minimum absolute atomic E-state index is 0.119. The molecule has 5 atom stereocenters. The standard InChI is InChI=1S/C10H9Cl9/c11-1-8(2-12)3-4(13)6(15)9(8,7(16)17)10(18,19)5(3)14/h3-7H,1-2H2/t3-,4-,5-,6+,9+/m1/s1. The Hall–Kier alpha value is 2.61. The van der Waals surface area contributed by atoms with Crippen molar-refractivity contribution in [2.45, 2.75) is 25.3 Å². The van der Waals surface area contributed by atoms with E-state index < -0.39 is 36.1 Å². The normalized spacial score (nSPS) is 47.1. The highest BCUT2D eigenvalue weighted by Crippen LogP contribution is 2.79. The van der Waals surface area contributed by atoms with E-state index in [1.807, 2.05) is 0 Å². The Morgan fingerprint density at radius 2 is 1.37 bits per heavy atom. The second-order valence-corrected chi connectivity index (χ2v) is 9.45. The van der Waals surface area contributed by atoms with Crippen molar-refractivity contribution < 1.29 is 0 Å². The lowest BCUT2D eigenvalue weighted by atomic mass is 9.69. The van der Waals surface area contributed by atoms with Crippen LogP contribution in [0.2, 0.25) is 0 Å². The SMILES string of the molecule is ClCC1(CCl)[C@@H]2[C@@H](Cl)[C@H](Cl)[C@@]1(C(Cl)Cl)C(Cl)(Cl)[C@@H]2Cl. The number of alkyl halides is 9. The first kappa shape index (κ1) is 18.0. The molecule has 19 heavy (non-hydrogen) atoms. The summed E-state index contributed by atoms with van der Waals surface area (Å²) in [5, 5.41) is -1.88. The van der Waals surface area contributed by atoms with Crippen LogP contribution in [0.1, 0.15) is 0 Å². The van der Waals surface area contributed by atoms with Gasteiger partial charge in [0.1, 0.15) is 9.17 Å². The largest absolute Gasteiger partial charge is 0.145 e. The zero-order valence-corrected chi connectivity index (χ0v) is 16.0. The topological polar surface area (TPSA) is 0 Å². The van der Waals surface area contributed by atoms with E-state index in [1.54, 1.807) is 0 Å². The van der Waals surface area contributed by atoms with Gasteiger partial charge in [0.2, 0.25) is 0 Å². The summed E-state index contributed by atoms with van der Waals surface area (Å²) >= 11 is 56.9. The lowest BCUT2D eigenvalue weighted by Crippen LogP contribution is -2.59. The van der Waals surface area contributed by atoms with Gasteiger partial charge in [-0.3, -0.25) is 0 Å². The van der Waals surface area contributed by atoms with Crippen molar-refractivity contribution in [3.05, 3.63) is 0 Å². The molecule has 0 amide bonds. The molecule has 0 aromatic heterocycles. The van der Waals surface area contributed by atoms with E-state index >= 15 is 0 Å². The molecule has 9 heteroatoms. The lowest BCUT2D eigenvalue weighted by Gasteiger charge is -2.49. The van der Waals surface area contributed by atoms with E-state index in [9.17, 15) is 0 Å². The highest BCUT2D eigenvalue weighted by Gasteiger charge is 2.85. The van der Waals surface area contributed by atoms with Crippen LogP contribution >= 0.6 is 104 Å². The maximum absolute atomic E-state index is 6.47. The molecule has 0 aromatic rings. The predicted octanol–water partition coefficient (Wildman–Crippen LogP) is 5.88. The minimum Gasteiger partial charge on any atom is -0.126 e. The van der Waals surface area contributed by atoms with Gasteiger partial charge in [-0.2, -0.15) is 0 Å². The average molecular weight is 448 g/mol. The fourth-order valence-electron chi connectivity index (χ4n) is 3.62. The summed E-state index contributed by atoms with van der Waals surface area (Å²) in [6, 6.07) is 0. The van der Waals surface area contributed by atoms with Gasteiger partial charge in [-0.25, -0.2) is 0 Å². The molecule has 112 valence electrons. The fraction of sp³-hybridized carbons (Fsp3) is 1.00. The second-order valence-electron chi connectivity index (χ2n) is 4.99. The third kappa shape index (κ3) is 1.82. The summed E-state index contributed by atoms with van der Waals surface area (Å²) < 4.78 is -1.46. The van der Waals surface area contributed by atoms with Gasteiger partial charge in [-0.05, 0) is 0 Å². The van der Waals surface area contributed by atoms with Crippen LogP contribution in [0.25, 0.3) is 0 Å². The molecule has 0 heterocycles. The third-order valence-corrected chi connectivity index (χ3v) is 9.38. The molecule has 0 aromatic carbocycles. The molecular weight excluding hydrogens is 439 g/mol. The van der Waals surface area contributed by atoms with Crippen LogP contribution in [0.4, 0.5) is 0 Å². The first-order chi connectivity index (χ1) is 8.66. The van der Waals surface area contributed by atoms with E-state index in [2.05, 4.69) is 0 Å². The molecule has 0 radical (unpaired) electrons. The number of hydrogen-bond acceptors (Lipinski definition) is 0. The Morgan fingerprint density at radius 3 is 1.68 bits per heavy atom. The van der Waals surface area contributed by atoms with Gasteiger partial charge in [0.15, 0.2) is 0 Å². The van der Waals surface area contributed by atoms with Gasteiger partial charge in [0.25, 0.3) is 0 Å². The van der Waals surface area contributed by atoms with E-state index in [1.165, 1.54) is 0 Å². The van der Waals surface area contributed by atoms with Crippen LogP contribution in [-0.4, -0.2) is 37.1 Å². The molecular formula is C10H9Cl9. The van der Waals surface area contributed by atoms with Crippen LogP contribution in [0.5, 0.6) is 0 Å². The number of hydrogen-bond donors (Lipinski definition) is 0. The molecule has 0 N–H and O–H groups in total. The summed E-state index contributed by atoms with van der Waals surface area (Å²) in [5.41, 5.74) is -2.00. The molecule has 2 bridgehead atoms. The molecule has 2 aliphatic carbocycles. The highest BCUT2D eigenvalue weighted by molar-refractivity contribution is 6.57.